The summed E-state index contributed by atoms with van der Waals surface area (Å²) in [4.78, 5) is 2.38. The molecule has 0 aromatic carbocycles. The van der Waals surface area contributed by atoms with Gasteiger partial charge in [-0.25, -0.2) is 0 Å². The molecular weight excluding hydrogens is 216 g/mol. The Labute approximate surface area is 103 Å². The molecule has 1 aromatic heterocycles. The molecule has 1 unspecified atom stereocenters. The van der Waals surface area contributed by atoms with Gasteiger partial charge in [-0.05, 0) is 46.6 Å². The summed E-state index contributed by atoms with van der Waals surface area (Å²) in [5.41, 5.74) is 1.69. The van der Waals surface area contributed by atoms with Crippen molar-refractivity contribution < 1.29 is 9.63 Å². The van der Waals surface area contributed by atoms with E-state index in [-0.39, 0.29) is 0 Å². The topological polar surface area (TPSA) is 49.5 Å². The molecule has 0 bridgehead atoms. The molecule has 1 aliphatic heterocycles. The molecule has 0 saturated carbocycles. The van der Waals surface area contributed by atoms with Crippen LogP contribution < -0.4 is 0 Å². The molecule has 4 nitrogen and oxygen atoms in total. The summed E-state index contributed by atoms with van der Waals surface area (Å²) in [6, 6.07) is 0. The first-order chi connectivity index (χ1) is 7.98. The van der Waals surface area contributed by atoms with E-state index in [0.29, 0.717) is 0 Å². The third-order valence-electron chi connectivity index (χ3n) is 3.72. The average Bonchev–Trinajstić information content (AvgIpc) is 2.48. The fourth-order valence-corrected chi connectivity index (χ4v) is 2.43. The Morgan fingerprint density at radius 1 is 1.35 bits per heavy atom. The van der Waals surface area contributed by atoms with Crippen molar-refractivity contribution in [2.75, 3.05) is 13.1 Å². The van der Waals surface area contributed by atoms with Crippen LogP contribution in [0.5, 0.6) is 0 Å². The molecule has 1 aliphatic rings. The molecule has 0 spiro atoms. The van der Waals surface area contributed by atoms with Crippen molar-refractivity contribution in [3.05, 3.63) is 17.0 Å². The summed E-state index contributed by atoms with van der Waals surface area (Å²) >= 11 is 0. The van der Waals surface area contributed by atoms with Crippen LogP contribution in [0.25, 0.3) is 0 Å². The van der Waals surface area contributed by atoms with Gasteiger partial charge in [0.05, 0.1) is 11.3 Å². The van der Waals surface area contributed by atoms with Crippen LogP contribution in [0.4, 0.5) is 0 Å². The summed E-state index contributed by atoms with van der Waals surface area (Å²) in [5.74, 6) is 0.915. The lowest BCUT2D eigenvalue weighted by atomic mass is 9.98. The van der Waals surface area contributed by atoms with E-state index in [1.807, 2.05) is 20.8 Å². The molecule has 0 amide bonds. The van der Waals surface area contributed by atoms with Crippen molar-refractivity contribution in [1.29, 1.82) is 0 Å². The van der Waals surface area contributed by atoms with Crippen molar-refractivity contribution in [3.8, 4) is 0 Å². The predicted molar refractivity (Wildman–Crippen MR) is 65.7 cm³/mol. The van der Waals surface area contributed by atoms with Crippen molar-refractivity contribution in [1.82, 2.24) is 10.1 Å². The lowest BCUT2D eigenvalue weighted by molar-refractivity contribution is 0.0444. The summed E-state index contributed by atoms with van der Waals surface area (Å²) < 4.78 is 5.18. The number of hydrogen-bond donors (Lipinski definition) is 1. The van der Waals surface area contributed by atoms with Gasteiger partial charge in [0.2, 0.25) is 0 Å². The van der Waals surface area contributed by atoms with Crippen LogP contribution in [0, 0.1) is 13.8 Å². The van der Waals surface area contributed by atoms with E-state index in [4.69, 9.17) is 4.52 Å². The highest BCUT2D eigenvalue weighted by Gasteiger charge is 2.25. The van der Waals surface area contributed by atoms with Gasteiger partial charge in [-0.2, -0.15) is 0 Å². The molecule has 2 heterocycles. The van der Waals surface area contributed by atoms with Crippen LogP contribution in [0.2, 0.25) is 0 Å². The molecule has 1 fully saturated rings. The van der Waals surface area contributed by atoms with Crippen LogP contribution in [0.1, 0.15) is 43.2 Å². The van der Waals surface area contributed by atoms with Crippen LogP contribution in [0.15, 0.2) is 4.52 Å². The zero-order chi connectivity index (χ0) is 12.5. The minimum Gasteiger partial charge on any atom is -0.390 e. The largest absolute Gasteiger partial charge is 0.390 e. The summed E-state index contributed by atoms with van der Waals surface area (Å²) in [5, 5.41) is 14.0. The maximum absolute atomic E-state index is 10.0. The van der Waals surface area contributed by atoms with E-state index in [2.05, 4.69) is 10.1 Å². The molecule has 0 aliphatic carbocycles. The van der Waals surface area contributed by atoms with Gasteiger partial charge in [0.25, 0.3) is 0 Å². The molecule has 1 saturated heterocycles. The highest BCUT2D eigenvalue weighted by Crippen LogP contribution is 2.23. The van der Waals surface area contributed by atoms with Gasteiger partial charge < -0.3 is 9.63 Å². The van der Waals surface area contributed by atoms with Crippen molar-refractivity contribution >= 4 is 0 Å². The molecule has 1 aromatic rings. The monoisotopic (exact) mass is 238 g/mol. The van der Waals surface area contributed by atoms with Crippen molar-refractivity contribution in [2.45, 2.75) is 52.2 Å². The number of aliphatic hydroxyl groups is 1. The highest BCUT2D eigenvalue weighted by molar-refractivity contribution is 5.20. The van der Waals surface area contributed by atoms with Gasteiger partial charge in [0.1, 0.15) is 5.76 Å². The second-order valence-corrected chi connectivity index (χ2v) is 5.43. The van der Waals surface area contributed by atoms with E-state index in [1.165, 1.54) is 5.56 Å². The standard InChI is InChI=1S/C13H22N2O2/c1-10-12(11(2)17-14-10)9-15-7-4-5-13(3,16)6-8-15/h16H,4-9H2,1-3H3. The van der Waals surface area contributed by atoms with Crippen molar-refractivity contribution in [3.63, 3.8) is 0 Å². The first-order valence-electron chi connectivity index (χ1n) is 6.34. The molecule has 1 N–H and O–H groups in total. The van der Waals surface area contributed by atoms with Crippen LogP contribution in [0.3, 0.4) is 0 Å². The Morgan fingerprint density at radius 3 is 2.76 bits per heavy atom. The van der Waals surface area contributed by atoms with Crippen LogP contribution >= 0.6 is 0 Å². The smallest absolute Gasteiger partial charge is 0.138 e. The normalized spacial score (nSPS) is 27.1. The number of aryl methyl sites for hydroxylation is 2. The van der Waals surface area contributed by atoms with Crippen molar-refractivity contribution in [2.24, 2.45) is 0 Å². The Morgan fingerprint density at radius 2 is 2.12 bits per heavy atom. The molecule has 17 heavy (non-hydrogen) atoms. The van der Waals surface area contributed by atoms with E-state index in [1.54, 1.807) is 0 Å². The summed E-state index contributed by atoms with van der Waals surface area (Å²) in [6.45, 7) is 8.75. The second kappa shape index (κ2) is 4.78. The zero-order valence-corrected chi connectivity index (χ0v) is 11.0. The Bertz CT molecular complexity index is 365. The van der Waals surface area contributed by atoms with E-state index in [0.717, 1.165) is 50.4 Å². The van der Waals surface area contributed by atoms with Gasteiger partial charge in [-0.3, -0.25) is 4.90 Å². The maximum atomic E-state index is 10.0. The van der Waals surface area contributed by atoms with E-state index in [9.17, 15) is 5.11 Å². The Hall–Kier alpha value is -0.870. The third-order valence-corrected chi connectivity index (χ3v) is 3.72. The minimum atomic E-state index is -0.493. The number of rotatable bonds is 2. The van der Waals surface area contributed by atoms with Crippen LogP contribution in [-0.4, -0.2) is 33.9 Å². The number of hydrogen-bond acceptors (Lipinski definition) is 4. The number of nitrogens with zero attached hydrogens (tertiary/aromatic N) is 2. The summed E-state index contributed by atoms with van der Waals surface area (Å²) in [6.07, 6.45) is 2.79. The van der Waals surface area contributed by atoms with Gasteiger partial charge in [0, 0.05) is 18.7 Å². The van der Waals surface area contributed by atoms with Gasteiger partial charge in [0.15, 0.2) is 0 Å². The van der Waals surface area contributed by atoms with E-state index < -0.39 is 5.60 Å². The highest BCUT2D eigenvalue weighted by atomic mass is 16.5. The predicted octanol–water partition coefficient (Wildman–Crippen LogP) is 2.03. The van der Waals surface area contributed by atoms with Crippen LogP contribution in [-0.2, 0) is 6.54 Å². The molecule has 2 rings (SSSR count). The quantitative estimate of drug-likeness (QED) is 0.856. The Kier molecular flexibility index (Phi) is 3.54. The lowest BCUT2D eigenvalue weighted by Crippen LogP contribution is -2.28. The minimum absolute atomic E-state index is 0.493. The molecule has 96 valence electrons. The molecule has 1 atom stereocenters. The number of likely N-dealkylation sites (tertiary alicyclic amines) is 1. The van der Waals surface area contributed by atoms with Gasteiger partial charge in [-0.15, -0.1) is 0 Å². The fourth-order valence-electron chi connectivity index (χ4n) is 2.43. The maximum Gasteiger partial charge on any atom is 0.138 e. The summed E-state index contributed by atoms with van der Waals surface area (Å²) in [7, 11) is 0. The SMILES string of the molecule is Cc1noc(C)c1CN1CCCC(C)(O)CC1. The van der Waals surface area contributed by atoms with E-state index >= 15 is 0 Å². The third kappa shape index (κ3) is 3.07. The first kappa shape index (κ1) is 12.6. The van der Waals surface area contributed by atoms with Gasteiger partial charge in [-0.1, -0.05) is 5.16 Å². The lowest BCUT2D eigenvalue weighted by Gasteiger charge is -2.22. The zero-order valence-electron chi connectivity index (χ0n) is 11.0. The Balaban J connectivity index is 2.00. The molecular formula is C13H22N2O2. The molecule has 4 heteroatoms. The van der Waals surface area contributed by atoms with Gasteiger partial charge >= 0.3 is 0 Å². The number of aromatic nitrogens is 1. The average molecular weight is 238 g/mol. The fraction of sp³-hybridized carbons (Fsp3) is 0.769. The second-order valence-electron chi connectivity index (χ2n) is 5.43. The molecule has 0 radical (unpaired) electrons. The first-order valence-corrected chi connectivity index (χ1v) is 6.34.